The van der Waals surface area contributed by atoms with E-state index in [4.69, 9.17) is 9.84 Å². The Hall–Kier alpha value is -2.86. The lowest BCUT2D eigenvalue weighted by atomic mass is 10.2. The lowest BCUT2D eigenvalue weighted by Crippen LogP contribution is -2.35. The summed E-state index contributed by atoms with van der Waals surface area (Å²) in [5.41, 5.74) is 4.00. The van der Waals surface area contributed by atoms with E-state index in [1.54, 1.807) is 0 Å². The van der Waals surface area contributed by atoms with Gasteiger partial charge in [0.05, 0.1) is 12.2 Å². The van der Waals surface area contributed by atoms with Gasteiger partial charge in [-0.2, -0.15) is 0 Å². The summed E-state index contributed by atoms with van der Waals surface area (Å²) in [5, 5.41) is 9.03. The lowest BCUT2D eigenvalue weighted by molar-refractivity contribution is -0.138. The zero-order chi connectivity index (χ0) is 19.4. The van der Waals surface area contributed by atoms with Crippen LogP contribution in [0.2, 0.25) is 0 Å². The van der Waals surface area contributed by atoms with E-state index >= 15 is 0 Å². The van der Waals surface area contributed by atoms with E-state index in [1.807, 2.05) is 78.9 Å². The molecule has 27 heavy (non-hydrogen) atoms. The van der Waals surface area contributed by atoms with Crippen LogP contribution in [0.4, 0.5) is 0 Å². The summed E-state index contributed by atoms with van der Waals surface area (Å²) in [6.07, 6.45) is 3.95. The molecule has 0 radical (unpaired) electrons. The van der Waals surface area contributed by atoms with E-state index in [2.05, 4.69) is 4.98 Å². The van der Waals surface area contributed by atoms with E-state index in [0.29, 0.717) is 13.2 Å². The minimum Gasteiger partial charge on any atom is -0.487 e. The molecule has 3 aromatic rings. The number of fused-ring (bicyclic) bond motifs is 1. The monoisotopic (exact) mass is 367 g/mol. The predicted octanol–water partition coefficient (Wildman–Crippen LogP) is 3.52. The van der Waals surface area contributed by atoms with Crippen molar-refractivity contribution in [1.29, 1.82) is 0 Å². The maximum atomic E-state index is 11.0. The number of nitrogens with zero attached hydrogens (tertiary/aromatic N) is 3. The van der Waals surface area contributed by atoms with Gasteiger partial charge in [0.2, 0.25) is 0 Å². The fourth-order valence-corrected chi connectivity index (χ4v) is 2.95. The summed E-state index contributed by atoms with van der Waals surface area (Å²) in [4.78, 5) is 17.5. The van der Waals surface area contributed by atoms with Gasteiger partial charge in [-0.05, 0) is 50.1 Å². The number of aliphatic carboxylic acids is 1. The molecule has 1 aromatic carbocycles. The molecule has 0 saturated heterocycles. The third-order valence-corrected chi connectivity index (χ3v) is 4.49. The number of benzene rings is 1. The SMILES string of the molecule is Cc1cccn2cc(COc3ccc(CN(CC(=O)O)C(C)C)cc3)nc12. The fraction of sp³-hybridized carbons (Fsp3) is 0.333. The van der Waals surface area contributed by atoms with Crippen LogP contribution >= 0.6 is 0 Å². The van der Waals surface area contributed by atoms with Gasteiger partial charge < -0.3 is 14.2 Å². The highest BCUT2D eigenvalue weighted by molar-refractivity contribution is 5.69. The molecule has 0 bridgehead atoms. The maximum absolute atomic E-state index is 11.0. The Balaban J connectivity index is 1.61. The largest absolute Gasteiger partial charge is 0.487 e. The second kappa shape index (κ2) is 8.22. The molecule has 3 rings (SSSR count). The second-order valence-corrected chi connectivity index (χ2v) is 6.98. The standard InChI is InChI=1S/C21H25N3O3/c1-15(2)24(13-20(25)26)11-17-6-8-19(9-7-17)27-14-18-12-23-10-4-5-16(3)21(23)22-18/h4-10,12,15H,11,13-14H2,1-3H3,(H,25,26). The number of rotatable bonds is 8. The highest BCUT2D eigenvalue weighted by atomic mass is 16.5. The quantitative estimate of drug-likeness (QED) is 0.660. The van der Waals surface area contributed by atoms with Crippen molar-refractivity contribution in [3.63, 3.8) is 0 Å². The van der Waals surface area contributed by atoms with Crippen LogP contribution in [0.3, 0.4) is 0 Å². The molecule has 2 heterocycles. The highest BCUT2D eigenvalue weighted by Crippen LogP contribution is 2.17. The van der Waals surface area contributed by atoms with Crippen LogP contribution in [0.15, 0.2) is 48.8 Å². The van der Waals surface area contributed by atoms with Gasteiger partial charge in [-0.25, -0.2) is 4.98 Å². The summed E-state index contributed by atoms with van der Waals surface area (Å²) in [6.45, 7) is 7.06. The van der Waals surface area contributed by atoms with Crippen molar-refractivity contribution in [3.05, 3.63) is 65.6 Å². The predicted molar refractivity (Wildman–Crippen MR) is 104 cm³/mol. The van der Waals surface area contributed by atoms with Crippen LogP contribution in [0, 0.1) is 6.92 Å². The second-order valence-electron chi connectivity index (χ2n) is 6.98. The topological polar surface area (TPSA) is 67.1 Å². The Bertz CT molecular complexity index is 916. The number of ether oxygens (including phenoxy) is 1. The molecule has 0 atom stereocenters. The normalized spacial score (nSPS) is 11.4. The first-order valence-electron chi connectivity index (χ1n) is 9.03. The Morgan fingerprint density at radius 2 is 2.00 bits per heavy atom. The molecule has 0 saturated carbocycles. The van der Waals surface area contributed by atoms with Gasteiger partial charge in [0, 0.05) is 25.0 Å². The minimum atomic E-state index is -0.814. The molecule has 6 heteroatoms. The molecule has 0 aliphatic carbocycles. The summed E-state index contributed by atoms with van der Waals surface area (Å²) in [5.74, 6) is -0.0480. The van der Waals surface area contributed by atoms with Crippen LogP contribution in [0.1, 0.15) is 30.7 Å². The molecule has 0 amide bonds. The number of hydrogen-bond donors (Lipinski definition) is 1. The molecule has 2 aromatic heterocycles. The number of imidazole rings is 1. The number of carboxylic acid groups (broad SMARTS) is 1. The molecular formula is C21H25N3O3. The van der Waals surface area contributed by atoms with E-state index < -0.39 is 5.97 Å². The number of carbonyl (C=O) groups is 1. The van der Waals surface area contributed by atoms with Crippen molar-refractivity contribution in [2.75, 3.05) is 6.54 Å². The summed E-state index contributed by atoms with van der Waals surface area (Å²) >= 11 is 0. The molecule has 0 unspecified atom stereocenters. The molecule has 0 aliphatic rings. The number of pyridine rings is 1. The third kappa shape index (κ3) is 4.86. The van der Waals surface area contributed by atoms with E-state index in [0.717, 1.165) is 28.2 Å². The van der Waals surface area contributed by atoms with Gasteiger partial charge in [-0.3, -0.25) is 9.69 Å². The number of aryl methyl sites for hydroxylation is 1. The zero-order valence-corrected chi connectivity index (χ0v) is 15.9. The molecule has 6 nitrogen and oxygen atoms in total. The van der Waals surface area contributed by atoms with Crippen LogP contribution in [-0.4, -0.2) is 37.9 Å². The summed E-state index contributed by atoms with van der Waals surface area (Å²) in [7, 11) is 0. The lowest BCUT2D eigenvalue weighted by Gasteiger charge is -2.24. The van der Waals surface area contributed by atoms with Crippen LogP contribution in [0.5, 0.6) is 5.75 Å². The number of aromatic nitrogens is 2. The number of carboxylic acids is 1. The van der Waals surface area contributed by atoms with E-state index in [-0.39, 0.29) is 12.6 Å². The first-order chi connectivity index (χ1) is 12.9. The van der Waals surface area contributed by atoms with Gasteiger partial charge in [0.25, 0.3) is 0 Å². The molecule has 1 N–H and O–H groups in total. The molecular weight excluding hydrogens is 342 g/mol. The van der Waals surface area contributed by atoms with Crippen molar-refractivity contribution in [3.8, 4) is 5.75 Å². The van der Waals surface area contributed by atoms with E-state index in [1.165, 1.54) is 0 Å². The van der Waals surface area contributed by atoms with Crippen molar-refractivity contribution in [2.45, 2.75) is 40.0 Å². The average Bonchev–Trinajstić information content (AvgIpc) is 3.05. The van der Waals surface area contributed by atoms with Gasteiger partial charge in [-0.15, -0.1) is 0 Å². The number of hydrogen-bond acceptors (Lipinski definition) is 4. The van der Waals surface area contributed by atoms with Gasteiger partial charge in [0.15, 0.2) is 0 Å². The zero-order valence-electron chi connectivity index (χ0n) is 15.9. The van der Waals surface area contributed by atoms with E-state index in [9.17, 15) is 4.79 Å². The first kappa shape index (κ1) is 18.9. The van der Waals surface area contributed by atoms with Crippen molar-refractivity contribution >= 4 is 11.6 Å². The Morgan fingerprint density at radius 3 is 2.63 bits per heavy atom. The smallest absolute Gasteiger partial charge is 0.317 e. The van der Waals surface area contributed by atoms with Gasteiger partial charge in [-0.1, -0.05) is 18.2 Å². The molecule has 142 valence electrons. The summed E-state index contributed by atoms with van der Waals surface area (Å²) < 4.78 is 7.85. The first-order valence-corrected chi connectivity index (χ1v) is 9.03. The highest BCUT2D eigenvalue weighted by Gasteiger charge is 2.13. The Morgan fingerprint density at radius 1 is 1.26 bits per heavy atom. The maximum Gasteiger partial charge on any atom is 0.317 e. The van der Waals surface area contributed by atoms with Gasteiger partial charge >= 0.3 is 5.97 Å². The molecule has 0 spiro atoms. The fourth-order valence-electron chi connectivity index (χ4n) is 2.95. The van der Waals surface area contributed by atoms with Crippen molar-refractivity contribution in [2.24, 2.45) is 0 Å². The molecule has 0 fully saturated rings. The average molecular weight is 367 g/mol. The Labute approximate surface area is 159 Å². The van der Waals surface area contributed by atoms with Crippen LogP contribution < -0.4 is 4.74 Å². The van der Waals surface area contributed by atoms with Crippen molar-refractivity contribution < 1.29 is 14.6 Å². The summed E-state index contributed by atoms with van der Waals surface area (Å²) in [6, 6.07) is 12.0. The molecule has 0 aliphatic heterocycles. The van der Waals surface area contributed by atoms with Crippen molar-refractivity contribution in [1.82, 2.24) is 14.3 Å². The minimum absolute atomic E-state index is 0.0310. The Kier molecular flexibility index (Phi) is 5.76. The van der Waals surface area contributed by atoms with Crippen LogP contribution in [0.25, 0.3) is 5.65 Å². The van der Waals surface area contributed by atoms with Crippen LogP contribution in [-0.2, 0) is 17.9 Å². The van der Waals surface area contributed by atoms with Gasteiger partial charge in [0.1, 0.15) is 18.0 Å². The third-order valence-electron chi connectivity index (χ3n) is 4.49.